The van der Waals surface area contributed by atoms with E-state index >= 15 is 0 Å². The summed E-state index contributed by atoms with van der Waals surface area (Å²) in [4.78, 5) is 0. The highest BCUT2D eigenvalue weighted by Gasteiger charge is 2.33. The van der Waals surface area contributed by atoms with E-state index < -0.39 is 12.6 Å². The molecule has 0 aromatic rings. The van der Waals surface area contributed by atoms with Gasteiger partial charge in [0.15, 0.2) is 6.29 Å². The van der Waals surface area contributed by atoms with Crippen LogP contribution in [0.1, 0.15) is 90.4 Å². The second kappa shape index (κ2) is 11.5. The van der Waals surface area contributed by atoms with Crippen LogP contribution in [0.5, 0.6) is 0 Å². The van der Waals surface area contributed by atoms with E-state index in [2.05, 4.69) is 6.92 Å². The minimum atomic E-state index is -4.05. The van der Waals surface area contributed by atoms with Crippen molar-refractivity contribution in [2.24, 2.45) is 17.8 Å². The van der Waals surface area contributed by atoms with Gasteiger partial charge in [-0.25, -0.2) is 0 Å². The van der Waals surface area contributed by atoms with Crippen molar-refractivity contribution < 1.29 is 22.6 Å². The minimum absolute atomic E-state index is 0.119. The van der Waals surface area contributed by atoms with Crippen LogP contribution in [0.2, 0.25) is 0 Å². The molecule has 0 unspecified atom stereocenters. The van der Waals surface area contributed by atoms with Gasteiger partial charge in [-0.05, 0) is 44.4 Å². The van der Waals surface area contributed by atoms with Crippen LogP contribution >= 0.6 is 0 Å². The zero-order chi connectivity index (χ0) is 18.8. The molecule has 1 aliphatic heterocycles. The predicted molar refractivity (Wildman–Crippen MR) is 97.9 cm³/mol. The fourth-order valence-electron chi connectivity index (χ4n) is 4.37. The van der Waals surface area contributed by atoms with Gasteiger partial charge in [0.2, 0.25) is 0 Å². The Bertz CT molecular complexity index is 357. The van der Waals surface area contributed by atoms with Gasteiger partial charge < -0.3 is 9.47 Å². The maximum absolute atomic E-state index is 12.2. The summed E-state index contributed by atoms with van der Waals surface area (Å²) in [6, 6.07) is 0. The third-order valence-corrected chi connectivity index (χ3v) is 6.06. The number of unbranched alkanes of at least 4 members (excludes halogenated alkanes) is 4. The molecule has 0 bridgehead atoms. The van der Waals surface area contributed by atoms with Crippen molar-refractivity contribution in [1.82, 2.24) is 0 Å². The summed E-state index contributed by atoms with van der Waals surface area (Å²) >= 11 is 0. The molecule has 0 spiro atoms. The van der Waals surface area contributed by atoms with Crippen LogP contribution in [-0.2, 0) is 9.47 Å². The van der Waals surface area contributed by atoms with E-state index in [4.69, 9.17) is 9.47 Å². The first-order valence-corrected chi connectivity index (χ1v) is 10.8. The highest BCUT2D eigenvalue weighted by Crippen LogP contribution is 2.36. The lowest BCUT2D eigenvalue weighted by Gasteiger charge is -2.37. The van der Waals surface area contributed by atoms with Gasteiger partial charge >= 0.3 is 6.18 Å². The highest BCUT2D eigenvalue weighted by atomic mass is 19.4. The Hall–Kier alpha value is -0.290. The first kappa shape index (κ1) is 22.0. The average Bonchev–Trinajstić information content (AvgIpc) is 2.62. The summed E-state index contributed by atoms with van der Waals surface area (Å²) in [5.41, 5.74) is 0. The Morgan fingerprint density at radius 3 is 2.00 bits per heavy atom. The van der Waals surface area contributed by atoms with E-state index in [0.717, 1.165) is 5.92 Å². The van der Waals surface area contributed by atoms with Gasteiger partial charge in [0, 0.05) is 18.3 Å². The van der Waals surface area contributed by atoms with Crippen molar-refractivity contribution in [3.8, 4) is 0 Å². The molecule has 1 saturated heterocycles. The number of hydrogen-bond acceptors (Lipinski definition) is 2. The summed E-state index contributed by atoms with van der Waals surface area (Å²) in [5.74, 6) is 1.46. The topological polar surface area (TPSA) is 18.5 Å². The Balaban J connectivity index is 1.54. The van der Waals surface area contributed by atoms with Gasteiger partial charge in [0.1, 0.15) is 0 Å². The SMILES string of the molecule is CCCCCCC[C@H]1CC[C@H]([C@H]2OC[C@H](CCCC(F)(F)F)CO2)CC1. The van der Waals surface area contributed by atoms with Gasteiger partial charge in [0.05, 0.1) is 13.2 Å². The van der Waals surface area contributed by atoms with E-state index in [1.165, 1.54) is 64.2 Å². The van der Waals surface area contributed by atoms with Crippen molar-refractivity contribution in [3.63, 3.8) is 0 Å². The highest BCUT2D eigenvalue weighted by molar-refractivity contribution is 4.77. The second-order valence-corrected chi connectivity index (χ2v) is 8.39. The maximum Gasteiger partial charge on any atom is 0.389 e. The van der Waals surface area contributed by atoms with Crippen molar-refractivity contribution in [1.29, 1.82) is 0 Å². The molecule has 0 aromatic heterocycles. The van der Waals surface area contributed by atoms with Crippen molar-refractivity contribution >= 4 is 0 Å². The number of alkyl halides is 3. The summed E-state index contributed by atoms with van der Waals surface area (Å²) in [6.45, 7) is 3.36. The van der Waals surface area contributed by atoms with E-state index in [-0.39, 0.29) is 18.6 Å². The predicted octanol–water partition coefficient (Wildman–Crippen LogP) is 6.88. The molecule has 1 heterocycles. The quantitative estimate of drug-likeness (QED) is 0.386. The molecule has 1 saturated carbocycles. The van der Waals surface area contributed by atoms with Crippen LogP contribution in [0, 0.1) is 17.8 Å². The summed E-state index contributed by atoms with van der Waals surface area (Å²) < 4.78 is 48.4. The first-order valence-electron chi connectivity index (χ1n) is 10.8. The van der Waals surface area contributed by atoms with E-state index in [9.17, 15) is 13.2 Å². The Labute approximate surface area is 157 Å². The van der Waals surface area contributed by atoms with Crippen LogP contribution in [0.4, 0.5) is 13.2 Å². The first-order chi connectivity index (χ1) is 12.5. The molecule has 2 fully saturated rings. The molecule has 0 atom stereocenters. The molecule has 0 amide bonds. The Morgan fingerprint density at radius 2 is 1.38 bits per heavy atom. The fraction of sp³-hybridized carbons (Fsp3) is 1.00. The molecule has 2 rings (SSSR count). The summed E-state index contributed by atoms with van der Waals surface area (Å²) in [7, 11) is 0. The molecule has 2 nitrogen and oxygen atoms in total. The molecule has 0 N–H and O–H groups in total. The largest absolute Gasteiger partial charge is 0.389 e. The van der Waals surface area contributed by atoms with Crippen molar-refractivity contribution in [2.75, 3.05) is 13.2 Å². The molecule has 0 radical (unpaired) electrons. The number of ether oxygens (including phenoxy) is 2. The van der Waals surface area contributed by atoms with Gasteiger partial charge in [-0.2, -0.15) is 13.2 Å². The molecule has 154 valence electrons. The zero-order valence-electron chi connectivity index (χ0n) is 16.4. The van der Waals surface area contributed by atoms with E-state index in [0.29, 0.717) is 25.6 Å². The molecule has 0 aromatic carbocycles. The number of rotatable bonds is 10. The Morgan fingerprint density at radius 1 is 0.769 bits per heavy atom. The molecular weight excluding hydrogens is 341 g/mol. The lowest BCUT2D eigenvalue weighted by atomic mass is 9.79. The maximum atomic E-state index is 12.2. The lowest BCUT2D eigenvalue weighted by molar-refractivity contribution is -0.230. The summed E-state index contributed by atoms with van der Waals surface area (Å²) in [6.07, 6.45) is 8.87. The fourth-order valence-corrected chi connectivity index (χ4v) is 4.37. The minimum Gasteiger partial charge on any atom is -0.352 e. The van der Waals surface area contributed by atoms with Crippen LogP contribution in [-0.4, -0.2) is 25.7 Å². The molecule has 5 heteroatoms. The van der Waals surface area contributed by atoms with E-state index in [1.807, 2.05) is 0 Å². The van der Waals surface area contributed by atoms with Gasteiger partial charge in [-0.15, -0.1) is 0 Å². The van der Waals surface area contributed by atoms with E-state index in [1.54, 1.807) is 0 Å². The molecular formula is C21H37F3O2. The smallest absolute Gasteiger partial charge is 0.352 e. The normalized spacial score (nSPS) is 30.5. The van der Waals surface area contributed by atoms with Crippen LogP contribution in [0.25, 0.3) is 0 Å². The van der Waals surface area contributed by atoms with Crippen LogP contribution < -0.4 is 0 Å². The third kappa shape index (κ3) is 8.60. The number of halogens is 3. The molecule has 26 heavy (non-hydrogen) atoms. The van der Waals surface area contributed by atoms with Crippen molar-refractivity contribution in [3.05, 3.63) is 0 Å². The molecule has 1 aliphatic carbocycles. The van der Waals surface area contributed by atoms with Crippen molar-refractivity contribution in [2.45, 2.75) is 103 Å². The average molecular weight is 379 g/mol. The van der Waals surface area contributed by atoms with Crippen LogP contribution in [0.3, 0.4) is 0 Å². The van der Waals surface area contributed by atoms with Gasteiger partial charge in [-0.3, -0.25) is 0 Å². The second-order valence-electron chi connectivity index (χ2n) is 8.39. The zero-order valence-corrected chi connectivity index (χ0v) is 16.4. The molecule has 2 aliphatic rings. The summed E-state index contributed by atoms with van der Waals surface area (Å²) in [5, 5.41) is 0. The van der Waals surface area contributed by atoms with Crippen LogP contribution in [0.15, 0.2) is 0 Å². The van der Waals surface area contributed by atoms with Gasteiger partial charge in [-0.1, -0.05) is 45.4 Å². The third-order valence-electron chi connectivity index (χ3n) is 6.06. The monoisotopic (exact) mass is 378 g/mol. The lowest BCUT2D eigenvalue weighted by Crippen LogP contribution is -2.38. The standard InChI is InChI=1S/C21H37F3O2/c1-2-3-4-5-6-8-17-10-12-19(13-11-17)20-25-15-18(16-26-20)9-7-14-21(22,23)24/h17-20H,2-16H2,1H3/t17-,18-,19-,20-. The van der Waals surface area contributed by atoms with Gasteiger partial charge in [0.25, 0.3) is 0 Å². The Kier molecular flexibility index (Phi) is 9.76. The number of hydrogen-bond donors (Lipinski definition) is 0.